The van der Waals surface area contributed by atoms with Gasteiger partial charge in [0.05, 0.1) is 16.0 Å². The van der Waals surface area contributed by atoms with Crippen molar-refractivity contribution in [1.29, 1.82) is 0 Å². The van der Waals surface area contributed by atoms with Crippen molar-refractivity contribution < 1.29 is 12.9 Å². The minimum atomic E-state index is -3.69. The lowest BCUT2D eigenvalue weighted by Crippen LogP contribution is -2.27. The largest absolute Gasteiger partial charge is 0.337 e. The first-order chi connectivity index (χ1) is 11.9. The molecule has 3 rings (SSSR count). The van der Waals surface area contributed by atoms with Crippen LogP contribution < -0.4 is 4.72 Å². The summed E-state index contributed by atoms with van der Waals surface area (Å²) in [5.41, 5.74) is 1.60. The molecule has 25 heavy (non-hydrogen) atoms. The average Bonchev–Trinajstić information content (AvgIpc) is 3.05. The maximum atomic E-state index is 12.4. The van der Waals surface area contributed by atoms with Gasteiger partial charge in [0.25, 0.3) is 0 Å². The van der Waals surface area contributed by atoms with Crippen molar-refractivity contribution in [2.75, 3.05) is 0 Å². The number of aromatic nitrogens is 2. The molecule has 3 aromatic rings. The molecule has 0 fully saturated rings. The molecule has 0 saturated carbocycles. The summed E-state index contributed by atoms with van der Waals surface area (Å²) in [6.45, 7) is 3.52. The lowest BCUT2D eigenvalue weighted by atomic mass is 10.2. The Hall–Kier alpha value is -2.22. The van der Waals surface area contributed by atoms with Crippen molar-refractivity contribution in [2.24, 2.45) is 0 Å². The summed E-state index contributed by atoms with van der Waals surface area (Å²) < 4.78 is 32.6. The van der Waals surface area contributed by atoms with Gasteiger partial charge < -0.3 is 4.52 Å². The summed E-state index contributed by atoms with van der Waals surface area (Å²) >= 11 is 6.11. The van der Waals surface area contributed by atoms with E-state index < -0.39 is 16.1 Å². The van der Waals surface area contributed by atoms with Gasteiger partial charge in [-0.05, 0) is 38.1 Å². The quantitative estimate of drug-likeness (QED) is 0.732. The van der Waals surface area contributed by atoms with Gasteiger partial charge >= 0.3 is 0 Å². The molecular weight excluding hydrogens is 362 g/mol. The van der Waals surface area contributed by atoms with Crippen LogP contribution in [0.25, 0.3) is 11.4 Å². The highest BCUT2D eigenvalue weighted by atomic mass is 35.5. The van der Waals surface area contributed by atoms with Gasteiger partial charge in [0.15, 0.2) is 0 Å². The zero-order valence-electron chi connectivity index (χ0n) is 13.6. The Morgan fingerprint density at radius 2 is 1.80 bits per heavy atom. The van der Waals surface area contributed by atoms with Gasteiger partial charge in [-0.2, -0.15) is 9.71 Å². The van der Waals surface area contributed by atoms with E-state index in [1.807, 2.05) is 6.92 Å². The molecule has 0 aliphatic heterocycles. The van der Waals surface area contributed by atoms with Crippen LogP contribution in [0.3, 0.4) is 0 Å². The van der Waals surface area contributed by atoms with Crippen molar-refractivity contribution in [3.8, 4) is 11.4 Å². The van der Waals surface area contributed by atoms with Crippen molar-refractivity contribution in [2.45, 2.75) is 24.8 Å². The minimum Gasteiger partial charge on any atom is -0.337 e. The van der Waals surface area contributed by atoms with Crippen LogP contribution in [0.4, 0.5) is 0 Å². The van der Waals surface area contributed by atoms with Crippen molar-refractivity contribution in [3.63, 3.8) is 0 Å². The van der Waals surface area contributed by atoms with Crippen molar-refractivity contribution >= 4 is 21.6 Å². The van der Waals surface area contributed by atoms with Crippen LogP contribution in [0.5, 0.6) is 0 Å². The predicted molar refractivity (Wildman–Crippen MR) is 94.7 cm³/mol. The molecule has 1 heterocycles. The van der Waals surface area contributed by atoms with E-state index in [4.69, 9.17) is 16.1 Å². The molecule has 0 unspecified atom stereocenters. The van der Waals surface area contributed by atoms with Crippen LogP contribution in [-0.2, 0) is 10.0 Å². The van der Waals surface area contributed by atoms with Gasteiger partial charge in [0.1, 0.15) is 0 Å². The number of hydrogen-bond acceptors (Lipinski definition) is 5. The van der Waals surface area contributed by atoms with Crippen molar-refractivity contribution in [3.05, 3.63) is 65.0 Å². The summed E-state index contributed by atoms with van der Waals surface area (Å²) in [5.74, 6) is 0.465. The number of rotatable bonds is 5. The molecule has 2 aromatic carbocycles. The zero-order valence-corrected chi connectivity index (χ0v) is 15.2. The van der Waals surface area contributed by atoms with Crippen LogP contribution in [0.15, 0.2) is 57.9 Å². The Morgan fingerprint density at radius 1 is 1.12 bits per heavy atom. The third-order valence-corrected chi connectivity index (χ3v) is 5.48. The van der Waals surface area contributed by atoms with E-state index in [0.29, 0.717) is 16.4 Å². The second-order valence-electron chi connectivity index (χ2n) is 5.59. The number of nitrogens with zero attached hydrogens (tertiary/aromatic N) is 2. The van der Waals surface area contributed by atoms with Gasteiger partial charge in [-0.3, -0.25) is 0 Å². The maximum absolute atomic E-state index is 12.4. The van der Waals surface area contributed by atoms with E-state index >= 15 is 0 Å². The summed E-state index contributed by atoms with van der Waals surface area (Å²) in [6.07, 6.45) is 0. The first-order valence-electron chi connectivity index (χ1n) is 7.54. The average molecular weight is 378 g/mol. The topological polar surface area (TPSA) is 85.1 Å². The number of hydrogen-bond donors (Lipinski definition) is 1. The Bertz CT molecular complexity index is 984. The predicted octanol–water partition coefficient (Wildman–Crippen LogP) is 3.74. The number of benzene rings is 2. The van der Waals surface area contributed by atoms with Crippen LogP contribution in [0.1, 0.15) is 24.4 Å². The molecule has 0 amide bonds. The Balaban J connectivity index is 1.81. The fraction of sp³-hybridized carbons (Fsp3) is 0.176. The van der Waals surface area contributed by atoms with Crippen LogP contribution in [-0.4, -0.2) is 18.6 Å². The van der Waals surface area contributed by atoms with Gasteiger partial charge in [-0.1, -0.05) is 46.6 Å². The van der Waals surface area contributed by atoms with Gasteiger partial charge in [0.2, 0.25) is 21.7 Å². The summed E-state index contributed by atoms with van der Waals surface area (Å²) in [6, 6.07) is 13.0. The molecule has 1 aromatic heterocycles. The molecule has 0 aliphatic rings. The zero-order chi connectivity index (χ0) is 18.0. The van der Waals surface area contributed by atoms with E-state index in [9.17, 15) is 8.42 Å². The summed E-state index contributed by atoms with van der Waals surface area (Å²) in [4.78, 5) is 4.42. The highest BCUT2D eigenvalue weighted by Gasteiger charge is 2.23. The highest BCUT2D eigenvalue weighted by molar-refractivity contribution is 7.89. The Kier molecular flexibility index (Phi) is 4.89. The lowest BCUT2D eigenvalue weighted by Gasteiger charge is -2.10. The second-order valence-corrected chi connectivity index (χ2v) is 7.71. The third-order valence-electron chi connectivity index (χ3n) is 3.59. The monoisotopic (exact) mass is 377 g/mol. The van der Waals surface area contributed by atoms with E-state index in [0.717, 1.165) is 5.56 Å². The normalized spacial score (nSPS) is 12.9. The second kappa shape index (κ2) is 6.95. The third kappa shape index (κ3) is 3.89. The number of aryl methyl sites for hydroxylation is 1. The van der Waals surface area contributed by atoms with Crippen LogP contribution in [0, 0.1) is 6.92 Å². The summed E-state index contributed by atoms with van der Waals surface area (Å²) in [5, 5.41) is 4.37. The standard InChI is InChI=1S/C17H16ClN3O3S/c1-11-7-9-13(10-8-11)25(22,23)21-12(2)17-19-16(20-24-17)14-5-3-4-6-15(14)18/h3-10,12,21H,1-2H3/t12-/m1/s1. The fourth-order valence-corrected chi connectivity index (χ4v) is 3.65. The first-order valence-corrected chi connectivity index (χ1v) is 9.40. The number of sulfonamides is 1. The van der Waals surface area contributed by atoms with E-state index in [2.05, 4.69) is 14.9 Å². The SMILES string of the molecule is Cc1ccc(S(=O)(=O)N[C@H](C)c2nc(-c3ccccc3Cl)no2)cc1. The van der Waals surface area contributed by atoms with Gasteiger partial charge in [-0.15, -0.1) is 0 Å². The Labute approximate surface area is 150 Å². The Morgan fingerprint density at radius 3 is 2.48 bits per heavy atom. The van der Waals surface area contributed by atoms with Gasteiger partial charge in [-0.25, -0.2) is 8.42 Å². The molecule has 0 saturated heterocycles. The molecule has 130 valence electrons. The summed E-state index contributed by atoms with van der Waals surface area (Å²) in [7, 11) is -3.69. The van der Waals surface area contributed by atoms with Gasteiger partial charge in [0, 0.05) is 5.56 Å². The van der Waals surface area contributed by atoms with Crippen molar-refractivity contribution in [1.82, 2.24) is 14.9 Å². The van der Waals surface area contributed by atoms with E-state index in [1.54, 1.807) is 55.5 Å². The first kappa shape index (κ1) is 17.6. The smallest absolute Gasteiger partial charge is 0.244 e. The minimum absolute atomic E-state index is 0.158. The van der Waals surface area contributed by atoms with Crippen LogP contribution in [0.2, 0.25) is 5.02 Å². The highest BCUT2D eigenvalue weighted by Crippen LogP contribution is 2.26. The molecule has 1 atom stereocenters. The van der Waals surface area contributed by atoms with Crippen LogP contribution >= 0.6 is 11.6 Å². The maximum Gasteiger partial charge on any atom is 0.244 e. The van der Waals surface area contributed by atoms with E-state index in [-0.39, 0.29) is 10.8 Å². The fourth-order valence-electron chi connectivity index (χ4n) is 2.23. The lowest BCUT2D eigenvalue weighted by molar-refractivity contribution is 0.354. The van der Waals surface area contributed by atoms with E-state index in [1.165, 1.54) is 0 Å². The molecule has 0 bridgehead atoms. The number of halogens is 1. The molecule has 8 heteroatoms. The number of nitrogens with one attached hydrogen (secondary N) is 1. The molecular formula is C17H16ClN3O3S. The molecule has 0 aliphatic carbocycles. The molecule has 0 spiro atoms. The molecule has 6 nitrogen and oxygen atoms in total. The molecule has 0 radical (unpaired) electrons. The molecule has 1 N–H and O–H groups in total.